The molecular formula is C19H21N3O5. The lowest BCUT2D eigenvalue weighted by atomic mass is 10.0. The van der Waals surface area contributed by atoms with Gasteiger partial charge in [0.15, 0.2) is 6.61 Å². The van der Waals surface area contributed by atoms with E-state index in [0.29, 0.717) is 5.75 Å². The summed E-state index contributed by atoms with van der Waals surface area (Å²) in [6.07, 6.45) is 0. The summed E-state index contributed by atoms with van der Waals surface area (Å²) >= 11 is 0. The van der Waals surface area contributed by atoms with Gasteiger partial charge in [-0.05, 0) is 42.2 Å². The summed E-state index contributed by atoms with van der Waals surface area (Å²) < 4.78 is 5.58. The highest BCUT2D eigenvalue weighted by molar-refractivity contribution is 5.95. The highest BCUT2D eigenvalue weighted by Crippen LogP contribution is 2.27. The van der Waals surface area contributed by atoms with E-state index in [2.05, 4.69) is 10.9 Å². The molecule has 8 nitrogen and oxygen atoms in total. The van der Waals surface area contributed by atoms with Gasteiger partial charge in [-0.25, -0.2) is 0 Å². The maximum atomic E-state index is 12.0. The number of carbonyl (C=O) groups is 2. The average molecular weight is 371 g/mol. The van der Waals surface area contributed by atoms with Crippen molar-refractivity contribution in [1.82, 2.24) is 10.9 Å². The fourth-order valence-electron chi connectivity index (χ4n) is 2.36. The number of nitrogens with one attached hydrogen (secondary N) is 2. The Morgan fingerprint density at radius 3 is 2.37 bits per heavy atom. The Kier molecular flexibility index (Phi) is 6.48. The van der Waals surface area contributed by atoms with Crippen LogP contribution in [-0.2, 0) is 4.79 Å². The van der Waals surface area contributed by atoms with Crippen molar-refractivity contribution in [2.75, 3.05) is 6.61 Å². The largest absolute Gasteiger partial charge is 0.483 e. The smallest absolute Gasteiger partial charge is 0.276 e. The number of nitro benzene ring substituents is 1. The van der Waals surface area contributed by atoms with Crippen LogP contribution in [-0.4, -0.2) is 23.3 Å². The van der Waals surface area contributed by atoms with Gasteiger partial charge in [-0.3, -0.25) is 30.6 Å². The number of aryl methyl sites for hydroxylation is 1. The quantitative estimate of drug-likeness (QED) is 0.599. The lowest BCUT2D eigenvalue weighted by Crippen LogP contribution is -2.43. The van der Waals surface area contributed by atoms with Crippen LogP contribution < -0.4 is 15.6 Å². The number of non-ortho nitro benzene ring substituents is 1. The number of rotatable bonds is 6. The molecule has 27 heavy (non-hydrogen) atoms. The summed E-state index contributed by atoms with van der Waals surface area (Å²) in [5.41, 5.74) is 6.56. The molecule has 0 aliphatic carbocycles. The minimum absolute atomic E-state index is 0.122. The monoisotopic (exact) mass is 371 g/mol. The van der Waals surface area contributed by atoms with E-state index < -0.39 is 16.7 Å². The fraction of sp³-hybridized carbons (Fsp3) is 0.263. The Balaban J connectivity index is 1.88. The molecule has 0 bridgehead atoms. The second-order valence-corrected chi connectivity index (χ2v) is 6.29. The third-order valence-electron chi connectivity index (χ3n) is 3.81. The molecule has 0 saturated carbocycles. The molecule has 142 valence electrons. The molecule has 0 aliphatic rings. The van der Waals surface area contributed by atoms with Crippen LogP contribution in [0.15, 0.2) is 42.5 Å². The third kappa shape index (κ3) is 5.53. The summed E-state index contributed by atoms with van der Waals surface area (Å²) in [6, 6.07) is 10.8. The number of hydrogen-bond donors (Lipinski definition) is 2. The molecule has 0 aromatic heterocycles. The Morgan fingerprint density at radius 2 is 1.78 bits per heavy atom. The van der Waals surface area contributed by atoms with E-state index >= 15 is 0 Å². The lowest BCUT2D eigenvalue weighted by Gasteiger charge is -2.15. The van der Waals surface area contributed by atoms with E-state index in [-0.39, 0.29) is 23.8 Å². The molecule has 0 radical (unpaired) electrons. The molecule has 2 N–H and O–H groups in total. The number of nitrogens with zero attached hydrogens (tertiary/aromatic N) is 1. The third-order valence-corrected chi connectivity index (χ3v) is 3.81. The van der Waals surface area contributed by atoms with Crippen molar-refractivity contribution in [2.24, 2.45) is 0 Å². The first-order valence-electron chi connectivity index (χ1n) is 8.35. The van der Waals surface area contributed by atoms with Crippen LogP contribution in [0.1, 0.15) is 41.3 Å². The molecule has 2 aromatic carbocycles. The molecule has 0 aliphatic heterocycles. The zero-order chi connectivity index (χ0) is 20.0. The Bertz CT molecular complexity index is 847. The van der Waals surface area contributed by atoms with Crippen LogP contribution in [0.2, 0.25) is 0 Å². The van der Waals surface area contributed by atoms with Crippen LogP contribution in [0.25, 0.3) is 0 Å². The Morgan fingerprint density at radius 1 is 1.11 bits per heavy atom. The normalized spacial score (nSPS) is 10.4. The number of nitro groups is 1. The predicted octanol–water partition coefficient (Wildman–Crippen LogP) is 2.87. The predicted molar refractivity (Wildman–Crippen MR) is 99.5 cm³/mol. The van der Waals surface area contributed by atoms with E-state index in [1.54, 1.807) is 0 Å². The van der Waals surface area contributed by atoms with Gasteiger partial charge in [0.1, 0.15) is 5.75 Å². The molecule has 2 rings (SSSR count). The van der Waals surface area contributed by atoms with Crippen LogP contribution in [0, 0.1) is 17.0 Å². The molecule has 0 unspecified atom stereocenters. The first-order valence-corrected chi connectivity index (χ1v) is 8.35. The number of carbonyl (C=O) groups excluding carboxylic acids is 2. The minimum atomic E-state index is -0.586. The minimum Gasteiger partial charge on any atom is -0.483 e. The molecule has 2 aromatic rings. The summed E-state index contributed by atoms with van der Waals surface area (Å²) in [5, 5.41) is 10.6. The fourth-order valence-corrected chi connectivity index (χ4v) is 2.36. The van der Waals surface area contributed by atoms with Crippen LogP contribution >= 0.6 is 0 Å². The second kappa shape index (κ2) is 8.79. The maximum Gasteiger partial charge on any atom is 0.276 e. The van der Waals surface area contributed by atoms with E-state index in [9.17, 15) is 19.7 Å². The number of ether oxygens (including phenoxy) is 1. The highest BCUT2D eigenvalue weighted by atomic mass is 16.6. The topological polar surface area (TPSA) is 111 Å². The lowest BCUT2D eigenvalue weighted by molar-refractivity contribution is -0.384. The van der Waals surface area contributed by atoms with Crippen molar-refractivity contribution in [2.45, 2.75) is 26.7 Å². The van der Waals surface area contributed by atoms with Gasteiger partial charge in [-0.1, -0.05) is 26.0 Å². The van der Waals surface area contributed by atoms with Crippen molar-refractivity contribution in [1.29, 1.82) is 0 Å². The first-order chi connectivity index (χ1) is 12.8. The molecule has 0 heterocycles. The van der Waals surface area contributed by atoms with Crippen molar-refractivity contribution < 1.29 is 19.2 Å². The van der Waals surface area contributed by atoms with E-state index in [1.807, 2.05) is 39.0 Å². The van der Waals surface area contributed by atoms with Crippen molar-refractivity contribution in [3.63, 3.8) is 0 Å². The Hall–Kier alpha value is -3.42. The summed E-state index contributed by atoms with van der Waals surface area (Å²) in [5.74, 6) is -0.245. The SMILES string of the molecule is Cc1ccc(C(C)C)c(OCC(=O)NNC(=O)c2ccc([N+](=O)[O-])cc2)c1. The van der Waals surface area contributed by atoms with Gasteiger partial charge in [-0.2, -0.15) is 0 Å². The van der Waals surface area contributed by atoms with E-state index in [0.717, 1.165) is 11.1 Å². The maximum absolute atomic E-state index is 12.0. The Labute approximate surface area is 156 Å². The van der Waals surface area contributed by atoms with Gasteiger partial charge < -0.3 is 4.74 Å². The zero-order valence-electron chi connectivity index (χ0n) is 15.3. The second-order valence-electron chi connectivity index (χ2n) is 6.29. The first kappa shape index (κ1) is 19.9. The molecule has 0 fully saturated rings. The van der Waals surface area contributed by atoms with Gasteiger partial charge in [0.05, 0.1) is 4.92 Å². The highest BCUT2D eigenvalue weighted by Gasteiger charge is 2.12. The summed E-state index contributed by atoms with van der Waals surface area (Å²) in [6.45, 7) is 5.73. The molecule has 0 spiro atoms. The van der Waals surface area contributed by atoms with E-state index in [4.69, 9.17) is 4.74 Å². The molecule has 0 atom stereocenters. The van der Waals surface area contributed by atoms with Gasteiger partial charge in [0.25, 0.3) is 17.5 Å². The zero-order valence-corrected chi connectivity index (χ0v) is 15.3. The van der Waals surface area contributed by atoms with Gasteiger partial charge in [-0.15, -0.1) is 0 Å². The standard InChI is InChI=1S/C19H21N3O5/c1-12(2)16-9-4-13(3)10-17(16)27-11-18(23)20-21-19(24)14-5-7-15(8-6-14)22(25)26/h4-10,12H,11H2,1-3H3,(H,20,23)(H,21,24). The van der Waals surface area contributed by atoms with E-state index in [1.165, 1.54) is 24.3 Å². The summed E-state index contributed by atoms with van der Waals surface area (Å²) in [7, 11) is 0. The molecule has 0 saturated heterocycles. The van der Waals surface area contributed by atoms with Crippen LogP contribution in [0.5, 0.6) is 5.75 Å². The van der Waals surface area contributed by atoms with Crippen molar-refractivity contribution >= 4 is 17.5 Å². The van der Waals surface area contributed by atoms with Crippen molar-refractivity contribution in [3.05, 3.63) is 69.3 Å². The number of amides is 2. The van der Waals surface area contributed by atoms with Gasteiger partial charge in [0.2, 0.25) is 0 Å². The van der Waals surface area contributed by atoms with Crippen molar-refractivity contribution in [3.8, 4) is 5.75 Å². The summed E-state index contributed by atoms with van der Waals surface area (Å²) in [4.78, 5) is 33.9. The molecule has 2 amide bonds. The average Bonchev–Trinajstić information content (AvgIpc) is 2.64. The number of hydrazine groups is 1. The molecule has 8 heteroatoms. The van der Waals surface area contributed by atoms with Crippen LogP contribution in [0.4, 0.5) is 5.69 Å². The van der Waals surface area contributed by atoms with Gasteiger partial charge >= 0.3 is 0 Å². The van der Waals surface area contributed by atoms with Gasteiger partial charge in [0, 0.05) is 17.7 Å². The number of hydrogen-bond acceptors (Lipinski definition) is 5. The molecular weight excluding hydrogens is 350 g/mol. The van der Waals surface area contributed by atoms with Crippen LogP contribution in [0.3, 0.4) is 0 Å². The number of benzene rings is 2.